The van der Waals surface area contributed by atoms with E-state index in [2.05, 4.69) is 10.4 Å². The van der Waals surface area contributed by atoms with E-state index >= 15 is 0 Å². The number of carbonyl (C=O) groups excluding carboxylic acids is 2. The molecule has 1 atom stereocenters. The van der Waals surface area contributed by atoms with E-state index in [4.69, 9.17) is 4.42 Å². The zero-order valence-electron chi connectivity index (χ0n) is 17.8. The smallest absolute Gasteiger partial charge is 0.277 e. The van der Waals surface area contributed by atoms with E-state index in [0.29, 0.717) is 22.8 Å². The fourth-order valence-corrected chi connectivity index (χ4v) is 4.64. The van der Waals surface area contributed by atoms with Gasteiger partial charge in [-0.3, -0.25) is 19.2 Å². The summed E-state index contributed by atoms with van der Waals surface area (Å²) in [4.78, 5) is 28.9. The second-order valence-corrected chi connectivity index (χ2v) is 8.75. The normalized spacial score (nSPS) is 21.4. The summed E-state index contributed by atoms with van der Waals surface area (Å²) in [6.45, 7) is 4.09. The van der Waals surface area contributed by atoms with Gasteiger partial charge in [0.25, 0.3) is 5.91 Å². The second-order valence-electron chi connectivity index (χ2n) is 8.75. The van der Waals surface area contributed by atoms with Crippen molar-refractivity contribution in [3.05, 3.63) is 60.0 Å². The summed E-state index contributed by atoms with van der Waals surface area (Å²) in [7, 11) is 0. The van der Waals surface area contributed by atoms with E-state index in [1.54, 1.807) is 28.0 Å². The molecule has 0 radical (unpaired) electrons. The van der Waals surface area contributed by atoms with Gasteiger partial charge in [0.2, 0.25) is 5.91 Å². The van der Waals surface area contributed by atoms with E-state index in [0.717, 1.165) is 31.2 Å². The van der Waals surface area contributed by atoms with Crippen molar-refractivity contribution < 1.29 is 14.0 Å². The summed E-state index contributed by atoms with van der Waals surface area (Å²) in [5.41, 5.74) is 1.71. The van der Waals surface area contributed by atoms with Crippen molar-refractivity contribution in [3.63, 3.8) is 0 Å². The maximum absolute atomic E-state index is 13.7. The molecule has 1 aliphatic heterocycles. The van der Waals surface area contributed by atoms with Crippen LogP contribution in [0.25, 0.3) is 11.5 Å². The van der Waals surface area contributed by atoms with Gasteiger partial charge in [0.15, 0.2) is 5.76 Å². The number of hydrogen-bond donors (Lipinski definition) is 1. The quantitative estimate of drug-likeness (QED) is 0.696. The number of furan rings is 1. The summed E-state index contributed by atoms with van der Waals surface area (Å²) in [5, 5.41) is 7.78. The van der Waals surface area contributed by atoms with Crippen LogP contribution in [0.5, 0.6) is 0 Å². The van der Waals surface area contributed by atoms with Crippen LogP contribution < -0.4 is 10.2 Å². The summed E-state index contributed by atoms with van der Waals surface area (Å²) in [6, 6.07) is 13.2. The molecule has 0 spiro atoms. The van der Waals surface area contributed by atoms with Crippen LogP contribution in [0.3, 0.4) is 0 Å². The first-order valence-corrected chi connectivity index (χ1v) is 10.8. The van der Waals surface area contributed by atoms with Crippen molar-refractivity contribution >= 4 is 17.5 Å². The van der Waals surface area contributed by atoms with Gasteiger partial charge in [-0.1, -0.05) is 30.5 Å². The number of nitrogens with one attached hydrogen (secondary N) is 1. The van der Waals surface area contributed by atoms with Crippen LogP contribution in [-0.4, -0.2) is 33.2 Å². The number of rotatable bonds is 4. The third-order valence-electron chi connectivity index (χ3n) is 6.40. The molecule has 2 aromatic heterocycles. The predicted octanol–water partition coefficient (Wildman–Crippen LogP) is 3.93. The Labute approximate surface area is 181 Å². The highest BCUT2D eigenvalue weighted by Gasteiger charge is 2.49. The van der Waals surface area contributed by atoms with Crippen molar-refractivity contribution in [1.29, 1.82) is 0 Å². The highest BCUT2D eigenvalue weighted by atomic mass is 16.3. The molecule has 7 heteroatoms. The Hall–Kier alpha value is -3.35. The molecular formula is C24H26N4O3. The molecule has 1 fully saturated rings. The molecule has 1 unspecified atom stereocenters. The van der Waals surface area contributed by atoms with Crippen LogP contribution in [0, 0.1) is 6.92 Å². The van der Waals surface area contributed by atoms with Crippen molar-refractivity contribution in [2.24, 2.45) is 0 Å². The molecule has 1 aliphatic carbocycles. The summed E-state index contributed by atoms with van der Waals surface area (Å²) in [6.07, 6.45) is 5.79. The van der Waals surface area contributed by atoms with Crippen molar-refractivity contribution in [2.75, 3.05) is 4.90 Å². The van der Waals surface area contributed by atoms with Gasteiger partial charge in [-0.05, 0) is 51.0 Å². The number of nitrogens with zero attached hydrogens (tertiary/aromatic N) is 3. The Kier molecular flexibility index (Phi) is 4.68. The fourth-order valence-electron chi connectivity index (χ4n) is 4.64. The van der Waals surface area contributed by atoms with Crippen molar-refractivity contribution in [1.82, 2.24) is 15.1 Å². The molecule has 3 aromatic rings. The Morgan fingerprint density at radius 1 is 1.19 bits per heavy atom. The van der Waals surface area contributed by atoms with Gasteiger partial charge < -0.3 is 9.73 Å². The van der Waals surface area contributed by atoms with Crippen LogP contribution in [0.2, 0.25) is 0 Å². The molecule has 7 nitrogen and oxygen atoms in total. The van der Waals surface area contributed by atoms with Crippen LogP contribution >= 0.6 is 0 Å². The molecule has 2 amide bonds. The number of benzene rings is 1. The van der Waals surface area contributed by atoms with E-state index in [-0.39, 0.29) is 24.4 Å². The number of aromatic nitrogens is 2. The summed E-state index contributed by atoms with van der Waals surface area (Å²) in [5.74, 6) is 0.201. The lowest BCUT2D eigenvalue weighted by atomic mass is 9.93. The van der Waals surface area contributed by atoms with E-state index in [1.807, 2.05) is 44.2 Å². The van der Waals surface area contributed by atoms with Crippen molar-refractivity contribution in [3.8, 4) is 11.5 Å². The maximum Gasteiger partial charge on any atom is 0.277 e. The van der Waals surface area contributed by atoms with Gasteiger partial charge in [-0.25, -0.2) is 0 Å². The lowest BCUT2D eigenvalue weighted by molar-refractivity contribution is -0.127. The number of hydrogen-bond acceptors (Lipinski definition) is 4. The lowest BCUT2D eigenvalue weighted by Gasteiger charge is -2.43. The molecule has 1 saturated carbocycles. The first-order chi connectivity index (χ1) is 15.0. The Morgan fingerprint density at radius 3 is 2.61 bits per heavy atom. The van der Waals surface area contributed by atoms with Gasteiger partial charge >= 0.3 is 0 Å². The highest BCUT2D eigenvalue weighted by molar-refractivity contribution is 6.12. The molecule has 3 heterocycles. The van der Waals surface area contributed by atoms with E-state index in [1.165, 1.54) is 0 Å². The number of carbonyl (C=O) groups is 2. The minimum Gasteiger partial charge on any atom is -0.463 e. The molecule has 1 N–H and O–H groups in total. The Bertz CT molecular complexity index is 1110. The van der Waals surface area contributed by atoms with Crippen molar-refractivity contribution in [2.45, 2.75) is 57.7 Å². The maximum atomic E-state index is 13.7. The Balaban J connectivity index is 1.57. The van der Waals surface area contributed by atoms with Crippen LogP contribution in [0.4, 0.5) is 5.69 Å². The molecule has 0 saturated heterocycles. The average molecular weight is 418 g/mol. The Morgan fingerprint density at radius 2 is 1.94 bits per heavy atom. The van der Waals surface area contributed by atoms with Crippen LogP contribution in [-0.2, 0) is 11.3 Å². The van der Waals surface area contributed by atoms with Crippen LogP contribution in [0.1, 0.15) is 48.7 Å². The minimum atomic E-state index is -1.10. The number of fused-ring (bicyclic) bond motifs is 1. The zero-order valence-corrected chi connectivity index (χ0v) is 17.8. The monoisotopic (exact) mass is 418 g/mol. The fraction of sp³-hybridized carbons (Fsp3) is 0.375. The molecular weight excluding hydrogens is 392 g/mol. The van der Waals surface area contributed by atoms with E-state index in [9.17, 15) is 9.59 Å². The SMILES string of the molecule is Cc1ccc(N2C(=O)c3cc(-c4ccco4)nn3CC2(C)C(=O)NC2CCCC2)cc1. The first-order valence-electron chi connectivity index (χ1n) is 10.8. The second kappa shape index (κ2) is 7.41. The number of aryl methyl sites for hydroxylation is 1. The van der Waals surface area contributed by atoms with E-state index < -0.39 is 5.54 Å². The predicted molar refractivity (Wildman–Crippen MR) is 117 cm³/mol. The van der Waals surface area contributed by atoms with Gasteiger partial charge in [0.05, 0.1) is 12.8 Å². The first kappa shape index (κ1) is 19.6. The lowest BCUT2D eigenvalue weighted by Crippen LogP contribution is -2.65. The van der Waals surface area contributed by atoms with Crippen LogP contribution in [0.15, 0.2) is 53.1 Å². The summed E-state index contributed by atoms with van der Waals surface area (Å²) >= 11 is 0. The van der Waals surface area contributed by atoms with Gasteiger partial charge in [-0.15, -0.1) is 0 Å². The number of amides is 2. The molecule has 160 valence electrons. The third-order valence-corrected chi connectivity index (χ3v) is 6.40. The highest BCUT2D eigenvalue weighted by Crippen LogP contribution is 2.35. The zero-order chi connectivity index (χ0) is 21.6. The molecule has 5 rings (SSSR count). The van der Waals surface area contributed by atoms with Gasteiger partial charge in [0, 0.05) is 17.8 Å². The van der Waals surface area contributed by atoms with Gasteiger partial charge in [0.1, 0.15) is 16.9 Å². The number of anilines is 1. The molecule has 31 heavy (non-hydrogen) atoms. The molecule has 1 aromatic carbocycles. The topological polar surface area (TPSA) is 80.4 Å². The van der Waals surface area contributed by atoms with Gasteiger partial charge in [-0.2, -0.15) is 5.10 Å². The minimum absolute atomic E-state index is 0.144. The largest absolute Gasteiger partial charge is 0.463 e. The standard InChI is InChI=1S/C24H26N4O3/c1-16-9-11-18(12-10-16)28-22(29)20-14-19(21-8-5-13-31-21)26-27(20)15-24(28,2)23(30)25-17-6-3-4-7-17/h5,8-14,17H,3-4,6-7,15H2,1-2H3,(H,25,30). The molecule has 0 bridgehead atoms. The third kappa shape index (κ3) is 3.34. The summed E-state index contributed by atoms with van der Waals surface area (Å²) < 4.78 is 7.10. The molecule has 2 aliphatic rings. The average Bonchev–Trinajstić information content (AvgIpc) is 3.50.